The van der Waals surface area contributed by atoms with E-state index in [1.165, 1.54) is 4.88 Å². The van der Waals surface area contributed by atoms with E-state index in [9.17, 15) is 0 Å². The third-order valence-electron chi connectivity index (χ3n) is 2.01. The van der Waals surface area contributed by atoms with Gasteiger partial charge in [-0.15, -0.1) is 21.5 Å². The molecule has 0 radical (unpaired) electrons. The lowest BCUT2D eigenvalue weighted by atomic mass is 10.3. The highest BCUT2D eigenvalue weighted by Gasteiger charge is 2.10. The number of thiophene rings is 1. The molecule has 0 saturated heterocycles. The number of H-pyrrole nitrogens is 1. The zero-order valence-corrected chi connectivity index (χ0v) is 10.5. The topological polar surface area (TPSA) is 66.5 Å². The van der Waals surface area contributed by atoms with Crippen LogP contribution in [-0.4, -0.2) is 20.6 Å². The summed E-state index contributed by atoms with van der Waals surface area (Å²) in [7, 11) is 0. The maximum absolute atomic E-state index is 3.92. The van der Waals surface area contributed by atoms with E-state index in [0.717, 1.165) is 11.0 Å². The zero-order chi connectivity index (χ0) is 10.7. The van der Waals surface area contributed by atoms with Crippen molar-refractivity contribution < 1.29 is 0 Å². The van der Waals surface area contributed by atoms with Crippen LogP contribution in [0, 0.1) is 0 Å². The molecule has 7 heteroatoms. The third kappa shape index (κ3) is 2.61. The highest BCUT2D eigenvalue weighted by atomic mass is 79.9. The minimum absolute atomic E-state index is 0.0951. The number of nitrogens with zero attached hydrogens (tertiary/aromatic N) is 3. The molecule has 0 amide bonds. The number of rotatable bonds is 4. The summed E-state index contributed by atoms with van der Waals surface area (Å²) in [4.78, 5) is 1.27. The van der Waals surface area contributed by atoms with Crippen LogP contribution in [0.3, 0.4) is 0 Å². The van der Waals surface area contributed by atoms with Gasteiger partial charge in [0.1, 0.15) is 0 Å². The summed E-state index contributed by atoms with van der Waals surface area (Å²) in [5.74, 6) is 0.683. The molecule has 2 aromatic heterocycles. The van der Waals surface area contributed by atoms with Crippen molar-refractivity contribution in [2.45, 2.75) is 19.5 Å². The minimum Gasteiger partial charge on any atom is -0.302 e. The van der Waals surface area contributed by atoms with Crippen molar-refractivity contribution in [3.05, 3.63) is 26.6 Å². The first-order chi connectivity index (χ1) is 7.27. The molecule has 2 rings (SSSR count). The molecular formula is C8H10BrN5S. The molecule has 0 spiro atoms. The molecule has 5 nitrogen and oxygen atoms in total. The standard InChI is InChI=1S/C8H10BrN5S/c1-5(8-11-13-14-12-8)10-4-7-6(9)2-3-15-7/h2-3,5,10H,4H2,1H3,(H,11,12,13,14). The first kappa shape index (κ1) is 10.7. The molecule has 80 valence electrons. The van der Waals surface area contributed by atoms with E-state index in [2.05, 4.69) is 47.3 Å². The summed E-state index contributed by atoms with van der Waals surface area (Å²) in [5, 5.41) is 19.2. The predicted octanol–water partition coefficient (Wildman–Crippen LogP) is 1.87. The number of halogens is 1. The van der Waals surface area contributed by atoms with Crippen molar-refractivity contribution in [2.75, 3.05) is 0 Å². The summed E-state index contributed by atoms with van der Waals surface area (Å²) in [6.07, 6.45) is 0. The third-order valence-corrected chi connectivity index (χ3v) is 3.94. The first-order valence-electron chi connectivity index (χ1n) is 4.46. The van der Waals surface area contributed by atoms with Crippen LogP contribution < -0.4 is 5.32 Å². The molecule has 0 aliphatic carbocycles. The van der Waals surface area contributed by atoms with Gasteiger partial charge < -0.3 is 5.32 Å². The number of tetrazole rings is 1. The Kier molecular flexibility index (Phi) is 3.45. The lowest BCUT2D eigenvalue weighted by Gasteiger charge is -2.08. The van der Waals surface area contributed by atoms with E-state index < -0.39 is 0 Å². The second-order valence-electron chi connectivity index (χ2n) is 3.06. The van der Waals surface area contributed by atoms with Gasteiger partial charge in [-0.05, 0) is 34.3 Å². The van der Waals surface area contributed by atoms with Gasteiger partial charge >= 0.3 is 0 Å². The highest BCUT2D eigenvalue weighted by molar-refractivity contribution is 9.10. The van der Waals surface area contributed by atoms with Gasteiger partial charge in [0.25, 0.3) is 0 Å². The van der Waals surface area contributed by atoms with E-state index in [-0.39, 0.29) is 6.04 Å². The fourth-order valence-corrected chi connectivity index (χ4v) is 2.58. The van der Waals surface area contributed by atoms with Gasteiger partial charge in [-0.3, -0.25) is 0 Å². The molecular weight excluding hydrogens is 278 g/mol. The van der Waals surface area contributed by atoms with Crippen LogP contribution in [0.4, 0.5) is 0 Å². The van der Waals surface area contributed by atoms with Gasteiger partial charge in [-0.25, -0.2) is 0 Å². The Morgan fingerprint density at radius 2 is 2.53 bits per heavy atom. The van der Waals surface area contributed by atoms with E-state index in [4.69, 9.17) is 0 Å². The summed E-state index contributed by atoms with van der Waals surface area (Å²) >= 11 is 5.20. The van der Waals surface area contributed by atoms with Crippen LogP contribution in [0.15, 0.2) is 15.9 Å². The monoisotopic (exact) mass is 287 g/mol. The molecule has 0 bridgehead atoms. The van der Waals surface area contributed by atoms with Gasteiger partial charge in [0.15, 0.2) is 5.82 Å². The van der Waals surface area contributed by atoms with Gasteiger partial charge in [0.05, 0.1) is 6.04 Å². The Balaban J connectivity index is 1.91. The van der Waals surface area contributed by atoms with Gasteiger partial charge in [-0.2, -0.15) is 5.21 Å². The molecule has 1 unspecified atom stereocenters. The fraction of sp³-hybridized carbons (Fsp3) is 0.375. The normalized spacial score (nSPS) is 12.9. The summed E-state index contributed by atoms with van der Waals surface area (Å²) in [5.41, 5.74) is 0. The Labute approximate surface area is 99.4 Å². The van der Waals surface area contributed by atoms with E-state index in [1.54, 1.807) is 11.3 Å². The number of hydrogen-bond donors (Lipinski definition) is 2. The SMILES string of the molecule is CC(NCc1sccc1Br)c1nn[nH]n1. The van der Waals surface area contributed by atoms with Crippen molar-refractivity contribution in [1.29, 1.82) is 0 Å². The summed E-state index contributed by atoms with van der Waals surface area (Å²) < 4.78 is 1.14. The van der Waals surface area contributed by atoms with Crippen LogP contribution in [-0.2, 0) is 6.54 Å². The molecule has 1 atom stereocenters. The Morgan fingerprint density at radius 3 is 3.13 bits per heavy atom. The fourth-order valence-electron chi connectivity index (χ4n) is 1.14. The maximum atomic E-state index is 3.92. The molecule has 0 aromatic carbocycles. The van der Waals surface area contributed by atoms with E-state index in [0.29, 0.717) is 5.82 Å². The Bertz CT molecular complexity index is 412. The minimum atomic E-state index is 0.0951. The lowest BCUT2D eigenvalue weighted by molar-refractivity contribution is 0.549. The number of hydrogen-bond acceptors (Lipinski definition) is 5. The predicted molar refractivity (Wildman–Crippen MR) is 61.5 cm³/mol. The Morgan fingerprint density at radius 1 is 1.67 bits per heavy atom. The zero-order valence-electron chi connectivity index (χ0n) is 8.07. The number of aromatic nitrogens is 4. The van der Waals surface area contributed by atoms with Crippen LogP contribution >= 0.6 is 27.3 Å². The second kappa shape index (κ2) is 4.82. The molecule has 2 aromatic rings. The number of nitrogens with one attached hydrogen (secondary N) is 2. The summed E-state index contributed by atoms with van der Waals surface area (Å²) in [6.45, 7) is 2.81. The maximum Gasteiger partial charge on any atom is 0.191 e. The van der Waals surface area contributed by atoms with Crippen LogP contribution in [0.1, 0.15) is 23.7 Å². The van der Waals surface area contributed by atoms with Crippen molar-refractivity contribution in [2.24, 2.45) is 0 Å². The van der Waals surface area contributed by atoms with Gasteiger partial charge in [0, 0.05) is 15.9 Å². The Hall–Kier alpha value is -0.790. The largest absolute Gasteiger partial charge is 0.302 e. The van der Waals surface area contributed by atoms with E-state index >= 15 is 0 Å². The molecule has 0 aliphatic heterocycles. The molecule has 0 saturated carbocycles. The molecule has 0 fully saturated rings. The lowest BCUT2D eigenvalue weighted by Crippen LogP contribution is -2.18. The number of aromatic amines is 1. The van der Waals surface area contributed by atoms with Crippen molar-refractivity contribution >= 4 is 27.3 Å². The average molecular weight is 288 g/mol. The molecule has 0 aliphatic rings. The quantitative estimate of drug-likeness (QED) is 0.901. The van der Waals surface area contributed by atoms with Crippen LogP contribution in [0.5, 0.6) is 0 Å². The van der Waals surface area contributed by atoms with Crippen LogP contribution in [0.25, 0.3) is 0 Å². The van der Waals surface area contributed by atoms with Crippen LogP contribution in [0.2, 0.25) is 0 Å². The van der Waals surface area contributed by atoms with Crippen molar-refractivity contribution in [3.63, 3.8) is 0 Å². The summed E-state index contributed by atoms with van der Waals surface area (Å²) in [6, 6.07) is 2.14. The van der Waals surface area contributed by atoms with Crippen molar-refractivity contribution in [3.8, 4) is 0 Å². The molecule has 2 heterocycles. The molecule has 2 N–H and O–H groups in total. The smallest absolute Gasteiger partial charge is 0.191 e. The molecule has 15 heavy (non-hydrogen) atoms. The average Bonchev–Trinajstić information content (AvgIpc) is 2.85. The highest BCUT2D eigenvalue weighted by Crippen LogP contribution is 2.22. The second-order valence-corrected chi connectivity index (χ2v) is 4.92. The van der Waals surface area contributed by atoms with Gasteiger partial charge in [0.2, 0.25) is 0 Å². The van der Waals surface area contributed by atoms with Crippen molar-refractivity contribution in [1.82, 2.24) is 25.9 Å². The first-order valence-corrected chi connectivity index (χ1v) is 6.13. The van der Waals surface area contributed by atoms with E-state index in [1.807, 2.05) is 13.0 Å². The van der Waals surface area contributed by atoms with Gasteiger partial charge in [-0.1, -0.05) is 5.21 Å².